The van der Waals surface area contributed by atoms with E-state index in [1.54, 1.807) is 18.2 Å². The minimum atomic E-state index is -0.358. The van der Waals surface area contributed by atoms with Gasteiger partial charge in [0.15, 0.2) is 0 Å². The number of hydrogen-bond donors (Lipinski definition) is 2. The van der Waals surface area contributed by atoms with Gasteiger partial charge < -0.3 is 14.8 Å². The molecule has 2 aromatic rings. The summed E-state index contributed by atoms with van der Waals surface area (Å²) in [5.41, 5.74) is 0.947. The molecule has 2 aliphatic heterocycles. The lowest BCUT2D eigenvalue weighted by molar-refractivity contribution is 0.0911. The molecule has 4 rings (SSSR count). The number of aromatic amines is 1. The van der Waals surface area contributed by atoms with E-state index in [9.17, 15) is 9.18 Å². The van der Waals surface area contributed by atoms with Crippen LogP contribution in [-0.4, -0.2) is 59.4 Å². The Bertz CT molecular complexity index is 791. The largest absolute Gasteiger partial charge is 0.487 e. The van der Waals surface area contributed by atoms with Gasteiger partial charge in [0.2, 0.25) is 0 Å². The van der Waals surface area contributed by atoms with Gasteiger partial charge in [0.1, 0.15) is 23.9 Å². The van der Waals surface area contributed by atoms with E-state index in [-0.39, 0.29) is 30.4 Å². The fourth-order valence-electron chi connectivity index (χ4n) is 3.63. The van der Waals surface area contributed by atoms with E-state index in [1.165, 1.54) is 25.0 Å². The number of hydrogen-bond acceptors (Lipinski definition) is 5. The van der Waals surface area contributed by atoms with Crippen LogP contribution >= 0.6 is 0 Å². The van der Waals surface area contributed by atoms with Gasteiger partial charge in [-0.15, -0.1) is 0 Å². The zero-order valence-corrected chi connectivity index (χ0v) is 15.0. The molecule has 3 heterocycles. The predicted molar refractivity (Wildman–Crippen MR) is 96.0 cm³/mol. The van der Waals surface area contributed by atoms with E-state index in [4.69, 9.17) is 9.47 Å². The maximum Gasteiger partial charge on any atom is 0.272 e. The summed E-state index contributed by atoms with van der Waals surface area (Å²) in [5, 5.41) is 9.89. The summed E-state index contributed by atoms with van der Waals surface area (Å²) >= 11 is 0. The number of nitrogens with one attached hydrogen (secondary N) is 2. The maximum absolute atomic E-state index is 13.2. The third kappa shape index (κ3) is 4.28. The normalized spacial score (nSPS) is 22.9. The molecule has 2 atom stereocenters. The third-order valence-corrected chi connectivity index (χ3v) is 5.03. The van der Waals surface area contributed by atoms with Crippen LogP contribution < -0.4 is 10.1 Å². The summed E-state index contributed by atoms with van der Waals surface area (Å²) in [7, 11) is 0. The maximum atomic E-state index is 13.2. The molecule has 27 heavy (non-hydrogen) atoms. The first kappa shape index (κ1) is 17.9. The summed E-state index contributed by atoms with van der Waals surface area (Å²) in [5.74, 6) is -0.168. The van der Waals surface area contributed by atoms with Crippen molar-refractivity contribution >= 4 is 5.91 Å². The van der Waals surface area contributed by atoms with Crippen molar-refractivity contribution < 1.29 is 18.7 Å². The lowest BCUT2D eigenvalue weighted by Gasteiger charge is -2.27. The third-order valence-electron chi connectivity index (χ3n) is 5.03. The first-order valence-corrected chi connectivity index (χ1v) is 9.24. The van der Waals surface area contributed by atoms with E-state index < -0.39 is 0 Å². The molecule has 0 aliphatic carbocycles. The van der Waals surface area contributed by atoms with Crippen molar-refractivity contribution in [3.63, 3.8) is 0 Å². The number of amides is 1. The molecule has 0 unspecified atom stereocenters. The number of benzene rings is 1. The van der Waals surface area contributed by atoms with Gasteiger partial charge >= 0.3 is 0 Å². The van der Waals surface area contributed by atoms with Gasteiger partial charge in [-0.3, -0.25) is 14.8 Å². The number of likely N-dealkylation sites (tertiary alicyclic amines) is 1. The van der Waals surface area contributed by atoms with Crippen LogP contribution in [0.25, 0.3) is 0 Å². The van der Waals surface area contributed by atoms with Gasteiger partial charge in [0, 0.05) is 6.07 Å². The first-order chi connectivity index (χ1) is 13.2. The number of halogens is 1. The van der Waals surface area contributed by atoms with Crippen LogP contribution in [0.2, 0.25) is 0 Å². The van der Waals surface area contributed by atoms with E-state index in [1.807, 2.05) is 0 Å². The summed E-state index contributed by atoms with van der Waals surface area (Å²) in [6, 6.07) is 7.76. The van der Waals surface area contributed by atoms with E-state index in [0.717, 1.165) is 13.1 Å². The van der Waals surface area contributed by atoms with Crippen molar-refractivity contribution in [2.45, 2.75) is 31.5 Å². The molecule has 0 saturated carbocycles. The van der Waals surface area contributed by atoms with Gasteiger partial charge in [0.05, 0.1) is 31.0 Å². The van der Waals surface area contributed by atoms with Gasteiger partial charge in [-0.25, -0.2) is 4.39 Å². The van der Waals surface area contributed by atoms with E-state index >= 15 is 0 Å². The highest BCUT2D eigenvalue weighted by molar-refractivity contribution is 5.92. The number of nitrogens with zero attached hydrogens (tertiary/aromatic N) is 2. The topological polar surface area (TPSA) is 79.5 Å². The Morgan fingerprint density at radius 3 is 3.00 bits per heavy atom. The Hall–Kier alpha value is -2.45. The Morgan fingerprint density at radius 1 is 1.33 bits per heavy atom. The SMILES string of the molecule is O=C(N[C@H]1COC[C@@H]1N1CCCC1)c1cc(COc2cccc(F)c2)[nH]n1. The number of rotatable bonds is 6. The van der Waals surface area contributed by atoms with Crippen molar-refractivity contribution in [1.82, 2.24) is 20.4 Å². The fraction of sp³-hybridized carbons (Fsp3) is 0.474. The van der Waals surface area contributed by atoms with Gasteiger partial charge in [-0.05, 0) is 44.1 Å². The average molecular weight is 374 g/mol. The molecule has 144 valence electrons. The zero-order chi connectivity index (χ0) is 18.6. The van der Waals surface area contributed by atoms with Crippen LogP contribution in [-0.2, 0) is 11.3 Å². The molecule has 2 N–H and O–H groups in total. The molecule has 2 fully saturated rings. The minimum Gasteiger partial charge on any atom is -0.487 e. The van der Waals surface area contributed by atoms with Crippen molar-refractivity contribution in [1.29, 1.82) is 0 Å². The van der Waals surface area contributed by atoms with Crippen LogP contribution in [0, 0.1) is 5.82 Å². The molecule has 1 aromatic carbocycles. The van der Waals surface area contributed by atoms with Crippen LogP contribution in [0.3, 0.4) is 0 Å². The number of H-pyrrole nitrogens is 1. The van der Waals surface area contributed by atoms with Crippen LogP contribution in [0.4, 0.5) is 4.39 Å². The smallest absolute Gasteiger partial charge is 0.272 e. The van der Waals surface area contributed by atoms with Gasteiger partial charge in [-0.2, -0.15) is 5.10 Å². The van der Waals surface area contributed by atoms with Gasteiger partial charge in [-0.1, -0.05) is 6.07 Å². The Kier molecular flexibility index (Phi) is 5.35. The van der Waals surface area contributed by atoms with Crippen molar-refractivity contribution in [2.75, 3.05) is 26.3 Å². The van der Waals surface area contributed by atoms with Gasteiger partial charge in [0.25, 0.3) is 5.91 Å². The Morgan fingerprint density at radius 2 is 2.19 bits per heavy atom. The number of carbonyl (C=O) groups is 1. The summed E-state index contributed by atoms with van der Waals surface area (Å²) in [6.45, 7) is 3.46. The van der Waals surface area contributed by atoms with Crippen molar-refractivity contribution in [2.24, 2.45) is 0 Å². The Balaban J connectivity index is 1.33. The first-order valence-electron chi connectivity index (χ1n) is 9.24. The summed E-state index contributed by atoms with van der Waals surface area (Å²) in [6.07, 6.45) is 2.40. The molecule has 1 aromatic heterocycles. The second-order valence-corrected chi connectivity index (χ2v) is 6.95. The number of carbonyl (C=O) groups excluding carboxylic acids is 1. The molecule has 0 spiro atoms. The van der Waals surface area contributed by atoms with Crippen LogP contribution in [0.1, 0.15) is 29.0 Å². The van der Waals surface area contributed by atoms with Crippen LogP contribution in [0.5, 0.6) is 5.75 Å². The van der Waals surface area contributed by atoms with E-state index in [2.05, 4.69) is 20.4 Å². The Labute approximate surface area is 156 Å². The summed E-state index contributed by atoms with van der Waals surface area (Å²) in [4.78, 5) is 14.9. The lowest BCUT2D eigenvalue weighted by Crippen LogP contribution is -2.50. The lowest BCUT2D eigenvalue weighted by atomic mass is 10.1. The summed E-state index contributed by atoms with van der Waals surface area (Å²) < 4.78 is 24.3. The quantitative estimate of drug-likeness (QED) is 0.805. The highest BCUT2D eigenvalue weighted by atomic mass is 19.1. The second kappa shape index (κ2) is 8.06. The number of ether oxygens (including phenoxy) is 2. The second-order valence-electron chi connectivity index (χ2n) is 6.95. The monoisotopic (exact) mass is 374 g/mol. The van der Waals surface area contributed by atoms with Crippen molar-refractivity contribution in [3.8, 4) is 5.75 Å². The molecule has 1 amide bonds. The molecule has 8 heteroatoms. The predicted octanol–water partition coefficient (Wildman–Crippen LogP) is 1.72. The standard InChI is InChI=1S/C19H23FN4O3/c20-13-4-3-5-15(8-13)27-10-14-9-16(23-22-14)19(25)21-17-11-26-12-18(17)24-6-1-2-7-24/h3-5,8-9,17-18H,1-2,6-7,10-12H2,(H,21,25)(H,22,23)/t17-,18-/m0/s1. The molecular weight excluding hydrogens is 351 g/mol. The highest BCUT2D eigenvalue weighted by Gasteiger charge is 2.35. The average Bonchev–Trinajstić information content (AvgIpc) is 3.41. The van der Waals surface area contributed by atoms with Crippen LogP contribution in [0.15, 0.2) is 30.3 Å². The molecule has 7 nitrogen and oxygen atoms in total. The van der Waals surface area contributed by atoms with E-state index in [0.29, 0.717) is 30.4 Å². The fourth-order valence-corrected chi connectivity index (χ4v) is 3.63. The molecule has 0 radical (unpaired) electrons. The van der Waals surface area contributed by atoms with Crippen molar-refractivity contribution in [3.05, 3.63) is 47.5 Å². The zero-order valence-electron chi connectivity index (χ0n) is 15.0. The molecular formula is C19H23FN4O3. The number of aromatic nitrogens is 2. The molecule has 0 bridgehead atoms. The molecule has 2 saturated heterocycles. The highest BCUT2D eigenvalue weighted by Crippen LogP contribution is 2.19. The minimum absolute atomic E-state index is 0.0284. The molecule has 2 aliphatic rings.